The van der Waals surface area contributed by atoms with Gasteiger partial charge in [0.1, 0.15) is 6.04 Å². The highest BCUT2D eigenvalue weighted by Crippen LogP contribution is 2.19. The summed E-state index contributed by atoms with van der Waals surface area (Å²) in [5, 5.41) is 2.84. The molecule has 0 fully saturated rings. The Kier molecular flexibility index (Phi) is 6.54. The van der Waals surface area contributed by atoms with E-state index in [1.54, 1.807) is 36.1 Å². The van der Waals surface area contributed by atoms with E-state index in [0.29, 0.717) is 18.1 Å². The number of nitrogens with one attached hydrogen (secondary N) is 1. The van der Waals surface area contributed by atoms with Crippen molar-refractivity contribution in [1.82, 2.24) is 10.2 Å². The predicted molar refractivity (Wildman–Crippen MR) is 109 cm³/mol. The number of nitrogens with zero attached hydrogens (tertiary/aromatic N) is 1. The molecule has 0 saturated carbocycles. The lowest BCUT2D eigenvalue weighted by Crippen LogP contribution is -2.46. The van der Waals surface area contributed by atoms with Gasteiger partial charge < -0.3 is 15.0 Å². The fourth-order valence-corrected chi connectivity index (χ4v) is 3.47. The van der Waals surface area contributed by atoms with Crippen molar-refractivity contribution in [3.05, 3.63) is 70.2 Å². The summed E-state index contributed by atoms with van der Waals surface area (Å²) >= 11 is 6.00. The van der Waals surface area contributed by atoms with Crippen LogP contribution in [0.15, 0.2) is 48.5 Å². The minimum atomic E-state index is -0.938. The van der Waals surface area contributed by atoms with Gasteiger partial charge in [-0.05, 0) is 43.5 Å². The Morgan fingerprint density at radius 3 is 2.41 bits per heavy atom. The maximum absolute atomic E-state index is 12.7. The van der Waals surface area contributed by atoms with E-state index in [9.17, 15) is 14.4 Å². The van der Waals surface area contributed by atoms with Gasteiger partial charge in [-0.1, -0.05) is 48.0 Å². The first-order valence-electron chi connectivity index (χ1n) is 9.48. The molecule has 2 aromatic rings. The van der Waals surface area contributed by atoms with E-state index in [4.69, 9.17) is 16.3 Å². The Balaban J connectivity index is 1.55. The molecule has 0 spiro atoms. The summed E-state index contributed by atoms with van der Waals surface area (Å²) in [5.41, 5.74) is 2.60. The number of carbonyl (C=O) groups is 3. The zero-order chi connectivity index (χ0) is 21.0. The topological polar surface area (TPSA) is 75.7 Å². The fraction of sp³-hybridized carbons (Fsp3) is 0.318. The highest BCUT2D eigenvalue weighted by Gasteiger charge is 2.29. The van der Waals surface area contributed by atoms with Gasteiger partial charge in [0, 0.05) is 13.1 Å². The molecule has 3 rings (SSSR count). The summed E-state index contributed by atoms with van der Waals surface area (Å²) in [6.45, 7) is 4.13. The van der Waals surface area contributed by atoms with E-state index in [-0.39, 0.29) is 11.5 Å². The second kappa shape index (κ2) is 9.09. The zero-order valence-corrected chi connectivity index (χ0v) is 17.1. The van der Waals surface area contributed by atoms with Crippen molar-refractivity contribution in [2.75, 3.05) is 6.54 Å². The van der Waals surface area contributed by atoms with Crippen molar-refractivity contribution in [2.45, 2.75) is 39.0 Å². The van der Waals surface area contributed by atoms with Gasteiger partial charge in [-0.15, -0.1) is 0 Å². The molecule has 0 bridgehead atoms. The lowest BCUT2D eigenvalue weighted by molar-refractivity contribution is -0.160. The van der Waals surface area contributed by atoms with E-state index in [1.807, 2.05) is 18.2 Å². The number of benzene rings is 2. The molecule has 0 aliphatic carbocycles. The highest BCUT2D eigenvalue weighted by molar-refractivity contribution is 6.33. The van der Waals surface area contributed by atoms with Gasteiger partial charge in [-0.2, -0.15) is 0 Å². The van der Waals surface area contributed by atoms with E-state index >= 15 is 0 Å². The number of hydrogen-bond acceptors (Lipinski definition) is 4. The molecule has 0 unspecified atom stereocenters. The molecule has 2 atom stereocenters. The molecule has 1 aliphatic rings. The summed E-state index contributed by atoms with van der Waals surface area (Å²) in [5.74, 6) is -1.41. The maximum atomic E-state index is 12.7. The van der Waals surface area contributed by atoms with Gasteiger partial charge >= 0.3 is 5.97 Å². The zero-order valence-electron chi connectivity index (χ0n) is 16.4. The van der Waals surface area contributed by atoms with Crippen molar-refractivity contribution in [2.24, 2.45) is 0 Å². The molecule has 29 heavy (non-hydrogen) atoms. The second-order valence-electron chi connectivity index (χ2n) is 7.03. The van der Waals surface area contributed by atoms with Crippen LogP contribution in [0.1, 0.15) is 35.3 Å². The number of rotatable bonds is 5. The third kappa shape index (κ3) is 4.95. The van der Waals surface area contributed by atoms with Crippen molar-refractivity contribution < 1.29 is 19.1 Å². The largest absolute Gasteiger partial charge is 0.451 e. The second-order valence-corrected chi connectivity index (χ2v) is 7.44. The lowest BCUT2D eigenvalue weighted by atomic mass is 9.99. The fourth-order valence-electron chi connectivity index (χ4n) is 3.25. The first-order valence-corrected chi connectivity index (χ1v) is 9.86. The molecule has 2 aromatic carbocycles. The number of ether oxygens (including phenoxy) is 1. The molecule has 152 valence electrons. The minimum Gasteiger partial charge on any atom is -0.451 e. The molecule has 0 aromatic heterocycles. The summed E-state index contributed by atoms with van der Waals surface area (Å²) < 4.78 is 5.30. The Bertz CT molecular complexity index is 931. The molecule has 0 radical (unpaired) electrons. The average molecular weight is 415 g/mol. The van der Waals surface area contributed by atoms with Gasteiger partial charge in [0.25, 0.3) is 11.8 Å². The first kappa shape index (κ1) is 20.9. The monoisotopic (exact) mass is 414 g/mol. The Morgan fingerprint density at radius 1 is 1.03 bits per heavy atom. The molecule has 1 heterocycles. The van der Waals surface area contributed by atoms with Crippen LogP contribution in [-0.4, -0.2) is 41.4 Å². The third-order valence-electron chi connectivity index (χ3n) is 4.90. The van der Waals surface area contributed by atoms with Crippen molar-refractivity contribution in [3.63, 3.8) is 0 Å². The van der Waals surface area contributed by atoms with Gasteiger partial charge in [-0.25, -0.2) is 4.79 Å². The van der Waals surface area contributed by atoms with Crippen molar-refractivity contribution in [1.29, 1.82) is 0 Å². The van der Waals surface area contributed by atoms with Crippen LogP contribution >= 0.6 is 11.6 Å². The molecule has 6 nitrogen and oxygen atoms in total. The van der Waals surface area contributed by atoms with Crippen LogP contribution in [0, 0.1) is 0 Å². The predicted octanol–water partition coefficient (Wildman–Crippen LogP) is 2.97. The van der Waals surface area contributed by atoms with Gasteiger partial charge in [0.2, 0.25) is 0 Å². The smallest absolute Gasteiger partial charge is 0.329 e. The van der Waals surface area contributed by atoms with Gasteiger partial charge in [0.05, 0.1) is 10.6 Å². The number of fused-ring (bicyclic) bond motifs is 1. The molecular weight excluding hydrogens is 392 g/mol. The van der Waals surface area contributed by atoms with Crippen molar-refractivity contribution in [3.8, 4) is 0 Å². The van der Waals surface area contributed by atoms with Crippen molar-refractivity contribution >= 4 is 29.4 Å². The minimum absolute atomic E-state index is 0.252. The molecule has 1 aliphatic heterocycles. The van der Waals surface area contributed by atoms with Crippen LogP contribution in [0.2, 0.25) is 5.02 Å². The summed E-state index contributed by atoms with van der Waals surface area (Å²) in [4.78, 5) is 39.0. The Morgan fingerprint density at radius 2 is 1.69 bits per heavy atom. The van der Waals surface area contributed by atoms with Gasteiger partial charge in [-0.3, -0.25) is 9.59 Å². The van der Waals surface area contributed by atoms with Crippen LogP contribution in [0.3, 0.4) is 0 Å². The van der Waals surface area contributed by atoms with Crippen LogP contribution in [0.5, 0.6) is 0 Å². The van der Waals surface area contributed by atoms with E-state index in [1.165, 1.54) is 12.5 Å². The van der Waals surface area contributed by atoms with Crippen LogP contribution < -0.4 is 5.32 Å². The quantitative estimate of drug-likeness (QED) is 0.763. The Hall–Kier alpha value is -2.86. The number of amides is 2. The molecule has 7 heteroatoms. The number of halogens is 1. The summed E-state index contributed by atoms with van der Waals surface area (Å²) in [6, 6.07) is 13.6. The number of hydrogen-bond donors (Lipinski definition) is 1. The van der Waals surface area contributed by atoms with Crippen LogP contribution in [-0.2, 0) is 27.3 Å². The molecule has 0 saturated heterocycles. The van der Waals surface area contributed by atoms with Crippen LogP contribution in [0.4, 0.5) is 0 Å². The van der Waals surface area contributed by atoms with E-state index in [0.717, 1.165) is 12.0 Å². The standard InChI is InChI=1S/C22H23ClN2O4/c1-14(24-20(26)18-9-5-6-10-19(18)23)22(28)29-15(2)21(27)25-12-11-16-7-3-4-8-17(16)13-25/h3-10,14-15H,11-13H2,1-2H3,(H,24,26)/t14-,15+/m0/s1. The van der Waals surface area contributed by atoms with E-state index < -0.39 is 24.0 Å². The highest BCUT2D eigenvalue weighted by atomic mass is 35.5. The maximum Gasteiger partial charge on any atom is 0.329 e. The Labute approximate surface area is 174 Å². The normalized spacial score (nSPS) is 15.1. The van der Waals surface area contributed by atoms with Crippen LogP contribution in [0.25, 0.3) is 0 Å². The SMILES string of the molecule is C[C@H](NC(=O)c1ccccc1Cl)C(=O)O[C@H](C)C(=O)N1CCc2ccccc2C1. The van der Waals surface area contributed by atoms with E-state index in [2.05, 4.69) is 11.4 Å². The first-order chi connectivity index (χ1) is 13.9. The third-order valence-corrected chi connectivity index (χ3v) is 5.23. The molecular formula is C22H23ClN2O4. The average Bonchev–Trinajstić information content (AvgIpc) is 2.72. The lowest BCUT2D eigenvalue weighted by Gasteiger charge is -2.31. The number of carbonyl (C=O) groups excluding carboxylic acids is 3. The summed E-state index contributed by atoms with van der Waals surface area (Å²) in [6.07, 6.45) is -0.167. The van der Waals surface area contributed by atoms with Gasteiger partial charge in [0.15, 0.2) is 6.10 Å². The summed E-state index contributed by atoms with van der Waals surface area (Å²) in [7, 11) is 0. The molecule has 2 amide bonds. The number of esters is 1. The molecule has 1 N–H and O–H groups in total.